The monoisotopic (exact) mass is 546 g/mol. The van der Waals surface area contributed by atoms with E-state index in [-0.39, 0.29) is 45.6 Å². The summed E-state index contributed by atoms with van der Waals surface area (Å²) in [5.74, 6) is -0.704. The number of halogens is 1. The number of rotatable bonds is 7. The molecule has 10 nitrogen and oxygen atoms in total. The number of hydrogen-bond acceptors (Lipinski definition) is 8. The van der Waals surface area contributed by atoms with Crippen LogP contribution in [0.1, 0.15) is 10.4 Å². The van der Waals surface area contributed by atoms with Gasteiger partial charge in [0.1, 0.15) is 5.75 Å². The van der Waals surface area contributed by atoms with Gasteiger partial charge in [-0.2, -0.15) is 0 Å². The highest BCUT2D eigenvalue weighted by atomic mass is 35.5. The number of amides is 1. The van der Waals surface area contributed by atoms with Crippen LogP contribution in [0, 0.1) is 0 Å². The molecule has 0 aliphatic carbocycles. The van der Waals surface area contributed by atoms with Gasteiger partial charge < -0.3 is 24.3 Å². The normalized spacial score (nSPS) is 14.7. The van der Waals surface area contributed by atoms with E-state index >= 15 is 0 Å². The van der Waals surface area contributed by atoms with Gasteiger partial charge in [-0.15, -0.1) is 0 Å². The maximum Gasteiger partial charge on any atom is 0.340 e. The molecule has 194 valence electrons. The second-order valence-electron chi connectivity index (χ2n) is 7.80. The number of nitrogens with one attached hydrogen (secondary N) is 1. The van der Waals surface area contributed by atoms with Crippen molar-refractivity contribution < 1.29 is 37.0 Å². The third kappa shape index (κ3) is 5.13. The summed E-state index contributed by atoms with van der Waals surface area (Å²) in [4.78, 5) is 25.7. The van der Waals surface area contributed by atoms with Crippen LogP contribution in [-0.4, -0.2) is 54.3 Å². The minimum Gasteiger partial charge on any atom is -0.493 e. The third-order valence-corrected chi connectivity index (χ3v) is 7.66. The number of para-hydroxylation sites is 2. The van der Waals surface area contributed by atoms with E-state index in [0.29, 0.717) is 5.02 Å². The van der Waals surface area contributed by atoms with Crippen molar-refractivity contribution in [3.05, 3.63) is 71.2 Å². The molecule has 1 amide bonds. The molecule has 12 heteroatoms. The molecule has 0 saturated heterocycles. The summed E-state index contributed by atoms with van der Waals surface area (Å²) < 4.78 is 49.4. The summed E-state index contributed by atoms with van der Waals surface area (Å²) in [6, 6.07) is 15.0. The summed E-state index contributed by atoms with van der Waals surface area (Å²) in [5.41, 5.74) is 0.363. The van der Waals surface area contributed by atoms with E-state index in [9.17, 15) is 18.0 Å². The second kappa shape index (κ2) is 10.6. The van der Waals surface area contributed by atoms with Crippen molar-refractivity contribution in [1.29, 1.82) is 0 Å². The molecule has 1 aliphatic rings. The molecule has 0 aromatic heterocycles. The summed E-state index contributed by atoms with van der Waals surface area (Å²) in [7, 11) is -0.0653. The highest BCUT2D eigenvalue weighted by Crippen LogP contribution is 2.38. The van der Waals surface area contributed by atoms with Crippen LogP contribution in [0.2, 0.25) is 5.02 Å². The number of nitrogens with zero attached hydrogens (tertiary/aromatic N) is 1. The largest absolute Gasteiger partial charge is 0.493 e. The van der Waals surface area contributed by atoms with Gasteiger partial charge in [0, 0.05) is 17.2 Å². The van der Waals surface area contributed by atoms with E-state index in [0.717, 1.165) is 4.31 Å². The Morgan fingerprint density at radius 2 is 1.65 bits per heavy atom. The molecule has 1 aliphatic heterocycles. The number of esters is 1. The fourth-order valence-electron chi connectivity index (χ4n) is 3.77. The fraction of sp³-hybridized carbons (Fsp3) is 0.200. The first-order chi connectivity index (χ1) is 17.7. The maximum absolute atomic E-state index is 13.5. The van der Waals surface area contributed by atoms with E-state index in [1.807, 2.05) is 0 Å². The zero-order valence-electron chi connectivity index (χ0n) is 20.1. The summed E-state index contributed by atoms with van der Waals surface area (Å²) in [6.07, 6.45) is -1.25. The molecule has 1 atom stereocenters. The van der Waals surface area contributed by atoms with Crippen LogP contribution in [0.25, 0.3) is 0 Å². The Morgan fingerprint density at radius 1 is 1.00 bits per heavy atom. The number of methoxy groups -OCH3 is 3. The molecule has 0 unspecified atom stereocenters. The average molecular weight is 547 g/mol. The molecule has 1 N–H and O–H groups in total. The standard InChI is InChI=1S/C25H23ClN2O8S/c1-33-21-12-17(25(30)35-3)18(13-22(21)34-2)27-24(29)23-14-28(19-6-4-5-7-20(19)36-23)37(31,32)16-10-8-15(26)9-11-16/h4-13,23H,14H2,1-3H3,(H,27,29)/t23-/m0/s1. The predicted molar refractivity (Wildman–Crippen MR) is 136 cm³/mol. The van der Waals surface area contributed by atoms with Gasteiger partial charge in [0.05, 0.1) is 49.7 Å². The number of hydrogen-bond donors (Lipinski definition) is 1. The first kappa shape index (κ1) is 26.1. The van der Waals surface area contributed by atoms with Crippen LogP contribution in [0.3, 0.4) is 0 Å². The molecule has 37 heavy (non-hydrogen) atoms. The van der Waals surface area contributed by atoms with Crippen molar-refractivity contribution in [3.63, 3.8) is 0 Å². The zero-order chi connectivity index (χ0) is 26.7. The predicted octanol–water partition coefficient (Wildman–Crippen LogP) is 3.74. The smallest absolute Gasteiger partial charge is 0.340 e. The van der Waals surface area contributed by atoms with Crippen LogP contribution >= 0.6 is 11.6 Å². The van der Waals surface area contributed by atoms with Crippen molar-refractivity contribution in [2.45, 2.75) is 11.0 Å². The molecule has 3 aromatic carbocycles. The molecule has 0 radical (unpaired) electrons. The summed E-state index contributed by atoms with van der Waals surface area (Å²) >= 11 is 5.93. The molecule has 1 heterocycles. The quantitative estimate of drug-likeness (QED) is 0.445. The van der Waals surface area contributed by atoms with E-state index in [1.165, 1.54) is 57.7 Å². The van der Waals surface area contributed by atoms with E-state index in [1.54, 1.807) is 24.3 Å². The van der Waals surface area contributed by atoms with Gasteiger partial charge in [0.2, 0.25) is 0 Å². The lowest BCUT2D eigenvalue weighted by atomic mass is 10.1. The van der Waals surface area contributed by atoms with Crippen LogP contribution in [-0.2, 0) is 19.6 Å². The molecule has 0 bridgehead atoms. The fourth-order valence-corrected chi connectivity index (χ4v) is 5.38. The first-order valence-corrected chi connectivity index (χ1v) is 12.7. The molecule has 0 saturated carbocycles. The topological polar surface area (TPSA) is 120 Å². The number of fused-ring (bicyclic) bond motifs is 1. The van der Waals surface area contributed by atoms with Gasteiger partial charge in [-0.1, -0.05) is 23.7 Å². The van der Waals surface area contributed by atoms with Gasteiger partial charge in [0.15, 0.2) is 17.6 Å². The summed E-state index contributed by atoms with van der Waals surface area (Å²) in [5, 5.41) is 3.02. The Hall–Kier alpha value is -3.96. The minimum atomic E-state index is -4.07. The number of ether oxygens (including phenoxy) is 4. The third-order valence-electron chi connectivity index (χ3n) is 5.62. The zero-order valence-corrected chi connectivity index (χ0v) is 21.6. The highest BCUT2D eigenvalue weighted by molar-refractivity contribution is 7.92. The van der Waals surface area contributed by atoms with Gasteiger partial charge in [-0.25, -0.2) is 13.2 Å². The second-order valence-corrected chi connectivity index (χ2v) is 10.1. The molecule has 3 aromatic rings. The molecular weight excluding hydrogens is 524 g/mol. The van der Waals surface area contributed by atoms with Crippen molar-refractivity contribution in [2.24, 2.45) is 0 Å². The number of anilines is 2. The van der Waals surface area contributed by atoms with Crippen molar-refractivity contribution in [1.82, 2.24) is 0 Å². The minimum absolute atomic E-state index is 0.000583. The molecule has 0 fully saturated rings. The van der Waals surface area contributed by atoms with Gasteiger partial charge >= 0.3 is 5.97 Å². The Labute approximate surface area is 218 Å². The van der Waals surface area contributed by atoms with Crippen LogP contribution in [0.4, 0.5) is 11.4 Å². The lowest BCUT2D eigenvalue weighted by Crippen LogP contribution is -2.48. The number of sulfonamides is 1. The lowest BCUT2D eigenvalue weighted by Gasteiger charge is -2.34. The number of carbonyl (C=O) groups excluding carboxylic acids is 2. The van der Waals surface area contributed by atoms with Crippen molar-refractivity contribution >= 4 is 44.9 Å². The van der Waals surface area contributed by atoms with Gasteiger partial charge in [-0.05, 0) is 36.4 Å². The van der Waals surface area contributed by atoms with E-state index in [4.69, 9.17) is 30.5 Å². The Balaban J connectivity index is 1.70. The number of carbonyl (C=O) groups is 2. The molecule has 0 spiro atoms. The van der Waals surface area contributed by atoms with E-state index < -0.39 is 28.0 Å². The Kier molecular flexibility index (Phi) is 7.46. The van der Waals surface area contributed by atoms with Crippen LogP contribution in [0.5, 0.6) is 17.2 Å². The molecular formula is C25H23ClN2O8S. The average Bonchev–Trinajstić information content (AvgIpc) is 2.91. The summed E-state index contributed by atoms with van der Waals surface area (Å²) in [6.45, 7) is -0.325. The van der Waals surface area contributed by atoms with Gasteiger partial charge in [0.25, 0.3) is 15.9 Å². The highest BCUT2D eigenvalue weighted by Gasteiger charge is 2.38. The van der Waals surface area contributed by atoms with Crippen molar-refractivity contribution in [2.75, 3.05) is 37.5 Å². The van der Waals surface area contributed by atoms with Crippen molar-refractivity contribution in [3.8, 4) is 17.2 Å². The first-order valence-electron chi connectivity index (χ1n) is 10.9. The van der Waals surface area contributed by atoms with Crippen LogP contribution < -0.4 is 23.8 Å². The van der Waals surface area contributed by atoms with Gasteiger partial charge in [-0.3, -0.25) is 9.10 Å². The SMILES string of the molecule is COC(=O)c1cc(OC)c(OC)cc1NC(=O)[C@@H]1CN(S(=O)(=O)c2ccc(Cl)cc2)c2ccccc2O1. The number of benzene rings is 3. The Morgan fingerprint density at radius 3 is 2.30 bits per heavy atom. The van der Waals surface area contributed by atoms with E-state index in [2.05, 4.69) is 5.32 Å². The maximum atomic E-state index is 13.5. The van der Waals surface area contributed by atoms with Crippen LogP contribution in [0.15, 0.2) is 65.6 Å². The molecule has 4 rings (SSSR count). The Bertz CT molecular complexity index is 1440. The lowest BCUT2D eigenvalue weighted by molar-refractivity contribution is -0.122.